The summed E-state index contributed by atoms with van der Waals surface area (Å²) in [6.07, 6.45) is 2.02. The average molecular weight is 284 g/mol. The highest BCUT2D eigenvalue weighted by molar-refractivity contribution is 9.10. The minimum Gasteiger partial charge on any atom is -0.379 e. The molecule has 3 nitrogen and oxygen atoms in total. The van der Waals surface area contributed by atoms with Gasteiger partial charge in [-0.25, -0.2) is 0 Å². The summed E-state index contributed by atoms with van der Waals surface area (Å²) in [7, 11) is 0. The molecule has 1 aromatic rings. The van der Waals surface area contributed by atoms with E-state index in [-0.39, 0.29) is 11.9 Å². The zero-order valence-corrected chi connectivity index (χ0v) is 10.5. The zero-order chi connectivity index (χ0) is 11.4. The number of amides is 1. The normalized spacial score (nSPS) is 20.4. The van der Waals surface area contributed by atoms with Gasteiger partial charge in [-0.2, -0.15) is 0 Å². The molecule has 0 radical (unpaired) electrons. The van der Waals surface area contributed by atoms with E-state index in [9.17, 15) is 4.79 Å². The van der Waals surface area contributed by atoms with Crippen LogP contribution in [-0.2, 0) is 4.74 Å². The summed E-state index contributed by atoms with van der Waals surface area (Å²) in [4.78, 5) is 11.8. The molecule has 2 rings (SSSR count). The molecule has 0 aliphatic carbocycles. The summed E-state index contributed by atoms with van der Waals surface area (Å²) in [5.74, 6) is -0.0250. The molecular weight excluding hydrogens is 270 g/mol. The van der Waals surface area contributed by atoms with Crippen LogP contribution >= 0.6 is 15.9 Å². The first-order chi connectivity index (χ1) is 7.75. The molecule has 0 spiro atoms. The first-order valence-electron chi connectivity index (χ1n) is 5.40. The standard InChI is InChI=1S/C12H14BrNO2/c13-10-5-3-9(4-6-10)12(15)14-11-2-1-7-16-8-11/h3-6,11H,1-2,7-8H2,(H,14,15). The lowest BCUT2D eigenvalue weighted by Crippen LogP contribution is -2.40. The number of rotatable bonds is 2. The van der Waals surface area contributed by atoms with E-state index in [1.807, 2.05) is 24.3 Å². The zero-order valence-electron chi connectivity index (χ0n) is 8.91. The van der Waals surface area contributed by atoms with Gasteiger partial charge in [0.15, 0.2) is 0 Å². The monoisotopic (exact) mass is 283 g/mol. The van der Waals surface area contributed by atoms with E-state index in [1.54, 1.807) is 0 Å². The van der Waals surface area contributed by atoms with Crippen molar-refractivity contribution in [3.05, 3.63) is 34.3 Å². The Balaban J connectivity index is 1.94. The Morgan fingerprint density at radius 3 is 2.75 bits per heavy atom. The molecular formula is C12H14BrNO2. The molecule has 16 heavy (non-hydrogen) atoms. The van der Waals surface area contributed by atoms with Crippen molar-refractivity contribution in [1.82, 2.24) is 5.32 Å². The van der Waals surface area contributed by atoms with Gasteiger partial charge in [-0.15, -0.1) is 0 Å². The first-order valence-corrected chi connectivity index (χ1v) is 6.19. The predicted molar refractivity (Wildman–Crippen MR) is 65.4 cm³/mol. The first kappa shape index (κ1) is 11.6. The Bertz CT molecular complexity index is 358. The lowest BCUT2D eigenvalue weighted by Gasteiger charge is -2.23. The van der Waals surface area contributed by atoms with Crippen LogP contribution in [0.2, 0.25) is 0 Å². The number of benzene rings is 1. The smallest absolute Gasteiger partial charge is 0.251 e. The summed E-state index contributed by atoms with van der Waals surface area (Å²) in [6, 6.07) is 7.51. The lowest BCUT2D eigenvalue weighted by molar-refractivity contribution is 0.0624. The lowest BCUT2D eigenvalue weighted by atomic mass is 10.1. The molecule has 1 amide bonds. The maximum atomic E-state index is 11.8. The van der Waals surface area contributed by atoms with Crippen molar-refractivity contribution < 1.29 is 9.53 Å². The van der Waals surface area contributed by atoms with E-state index < -0.39 is 0 Å². The molecule has 1 N–H and O–H groups in total. The van der Waals surface area contributed by atoms with Crippen molar-refractivity contribution in [3.8, 4) is 0 Å². The molecule has 1 atom stereocenters. The van der Waals surface area contributed by atoms with Crippen molar-refractivity contribution in [1.29, 1.82) is 0 Å². The molecule has 1 aliphatic rings. The van der Waals surface area contributed by atoms with Gasteiger partial charge >= 0.3 is 0 Å². The second-order valence-electron chi connectivity index (χ2n) is 3.89. The van der Waals surface area contributed by atoms with Gasteiger partial charge in [0.25, 0.3) is 5.91 Å². The van der Waals surface area contributed by atoms with Crippen LogP contribution in [0.25, 0.3) is 0 Å². The van der Waals surface area contributed by atoms with E-state index in [4.69, 9.17) is 4.74 Å². The van der Waals surface area contributed by atoms with Crippen LogP contribution in [0.3, 0.4) is 0 Å². The van der Waals surface area contributed by atoms with Crippen molar-refractivity contribution in [2.24, 2.45) is 0 Å². The third-order valence-corrected chi connectivity index (χ3v) is 3.13. The molecule has 1 unspecified atom stereocenters. The average Bonchev–Trinajstić information content (AvgIpc) is 2.31. The quantitative estimate of drug-likeness (QED) is 0.905. The van der Waals surface area contributed by atoms with Crippen LogP contribution in [-0.4, -0.2) is 25.2 Å². The highest BCUT2D eigenvalue weighted by Crippen LogP contribution is 2.11. The van der Waals surface area contributed by atoms with E-state index in [0.717, 1.165) is 23.9 Å². The van der Waals surface area contributed by atoms with Gasteiger partial charge in [-0.05, 0) is 37.1 Å². The largest absolute Gasteiger partial charge is 0.379 e. The highest BCUT2D eigenvalue weighted by Gasteiger charge is 2.16. The summed E-state index contributed by atoms with van der Waals surface area (Å²) in [6.45, 7) is 1.44. The fraction of sp³-hybridized carbons (Fsp3) is 0.417. The number of nitrogens with one attached hydrogen (secondary N) is 1. The van der Waals surface area contributed by atoms with Gasteiger partial charge in [-0.3, -0.25) is 4.79 Å². The molecule has 1 saturated heterocycles. The third-order valence-electron chi connectivity index (χ3n) is 2.60. The second-order valence-corrected chi connectivity index (χ2v) is 4.81. The van der Waals surface area contributed by atoms with Crippen molar-refractivity contribution >= 4 is 21.8 Å². The number of hydrogen-bond acceptors (Lipinski definition) is 2. The topological polar surface area (TPSA) is 38.3 Å². The second kappa shape index (κ2) is 5.46. The van der Waals surface area contributed by atoms with E-state index in [0.29, 0.717) is 12.2 Å². The minimum atomic E-state index is -0.0250. The maximum absolute atomic E-state index is 11.8. The number of hydrogen-bond donors (Lipinski definition) is 1. The summed E-state index contributed by atoms with van der Waals surface area (Å²) in [5, 5.41) is 2.98. The van der Waals surface area contributed by atoms with Gasteiger partial charge in [0, 0.05) is 16.6 Å². The van der Waals surface area contributed by atoms with Gasteiger partial charge in [0.1, 0.15) is 0 Å². The van der Waals surface area contributed by atoms with Crippen molar-refractivity contribution in [2.45, 2.75) is 18.9 Å². The molecule has 0 aromatic heterocycles. The third kappa shape index (κ3) is 3.06. The Morgan fingerprint density at radius 1 is 1.38 bits per heavy atom. The number of carbonyl (C=O) groups is 1. The van der Waals surface area contributed by atoms with Crippen LogP contribution in [0.4, 0.5) is 0 Å². The van der Waals surface area contributed by atoms with E-state index in [1.165, 1.54) is 0 Å². The molecule has 4 heteroatoms. The fourth-order valence-electron chi connectivity index (χ4n) is 1.72. The van der Waals surface area contributed by atoms with E-state index >= 15 is 0 Å². The minimum absolute atomic E-state index is 0.0250. The molecule has 1 aliphatic heterocycles. The fourth-order valence-corrected chi connectivity index (χ4v) is 1.99. The Morgan fingerprint density at radius 2 is 2.12 bits per heavy atom. The molecule has 1 heterocycles. The Kier molecular flexibility index (Phi) is 3.96. The number of halogens is 1. The van der Waals surface area contributed by atoms with Crippen molar-refractivity contribution in [2.75, 3.05) is 13.2 Å². The van der Waals surface area contributed by atoms with Crippen LogP contribution in [0.5, 0.6) is 0 Å². The molecule has 1 aromatic carbocycles. The van der Waals surface area contributed by atoms with Crippen molar-refractivity contribution in [3.63, 3.8) is 0 Å². The van der Waals surface area contributed by atoms with Gasteiger partial charge < -0.3 is 10.1 Å². The van der Waals surface area contributed by atoms with Gasteiger partial charge in [0.2, 0.25) is 0 Å². The molecule has 1 fully saturated rings. The summed E-state index contributed by atoms with van der Waals surface area (Å²) < 4.78 is 6.29. The molecule has 0 bridgehead atoms. The number of carbonyl (C=O) groups excluding carboxylic acids is 1. The Labute approximate surface area is 103 Å². The molecule has 0 saturated carbocycles. The Hall–Kier alpha value is -0.870. The highest BCUT2D eigenvalue weighted by atomic mass is 79.9. The molecule has 86 valence electrons. The van der Waals surface area contributed by atoms with Gasteiger partial charge in [-0.1, -0.05) is 15.9 Å². The van der Waals surface area contributed by atoms with Crippen LogP contribution in [0.15, 0.2) is 28.7 Å². The SMILES string of the molecule is O=C(NC1CCCOC1)c1ccc(Br)cc1. The van der Waals surface area contributed by atoms with Crippen LogP contribution in [0, 0.1) is 0 Å². The maximum Gasteiger partial charge on any atom is 0.251 e. The van der Waals surface area contributed by atoms with Crippen LogP contribution in [0.1, 0.15) is 23.2 Å². The predicted octanol–water partition coefficient (Wildman–Crippen LogP) is 2.36. The van der Waals surface area contributed by atoms with Crippen LogP contribution < -0.4 is 5.32 Å². The number of ether oxygens (including phenoxy) is 1. The summed E-state index contributed by atoms with van der Waals surface area (Å²) >= 11 is 3.34. The van der Waals surface area contributed by atoms with E-state index in [2.05, 4.69) is 21.2 Å². The van der Waals surface area contributed by atoms with Gasteiger partial charge in [0.05, 0.1) is 12.6 Å². The summed E-state index contributed by atoms with van der Waals surface area (Å²) in [5.41, 5.74) is 0.689.